The average Bonchev–Trinajstić information content (AvgIpc) is 2.67. The van der Waals surface area contributed by atoms with Gasteiger partial charge >= 0.3 is 0 Å². The highest BCUT2D eigenvalue weighted by Gasteiger charge is 2.39. The van der Waals surface area contributed by atoms with Crippen LogP contribution >= 0.6 is 0 Å². The molecule has 0 N–H and O–H groups in total. The molecule has 0 nitrogen and oxygen atoms in total. The largest absolute Gasteiger partial charge is 0.207 e. The van der Waals surface area contributed by atoms with E-state index in [9.17, 15) is 8.78 Å². The Balaban J connectivity index is 1.37. The lowest BCUT2D eigenvalue weighted by molar-refractivity contribution is 0.0739. The van der Waals surface area contributed by atoms with Crippen molar-refractivity contribution in [1.82, 2.24) is 0 Å². The van der Waals surface area contributed by atoms with E-state index in [4.69, 9.17) is 0 Å². The van der Waals surface area contributed by atoms with Gasteiger partial charge in [-0.3, -0.25) is 0 Å². The van der Waals surface area contributed by atoms with Gasteiger partial charge in [-0.05, 0) is 112 Å². The summed E-state index contributed by atoms with van der Waals surface area (Å²) >= 11 is 0. The Hall–Kier alpha value is -1.18. The fourth-order valence-electron chi connectivity index (χ4n) is 6.37. The Morgan fingerprint density at radius 1 is 0.731 bits per heavy atom. The first-order valence-corrected chi connectivity index (χ1v) is 10.7. The van der Waals surface area contributed by atoms with E-state index < -0.39 is 0 Å². The molecule has 3 fully saturated rings. The molecule has 0 spiro atoms. The molecule has 1 aromatic carbocycles. The molecule has 26 heavy (non-hydrogen) atoms. The number of halogens is 2. The summed E-state index contributed by atoms with van der Waals surface area (Å²) in [7, 11) is 0. The summed E-state index contributed by atoms with van der Waals surface area (Å²) < 4.78 is 28.4. The third kappa shape index (κ3) is 3.62. The summed E-state index contributed by atoms with van der Waals surface area (Å²) in [5.74, 6) is 3.40. The first-order chi connectivity index (χ1) is 12.7. The van der Waals surface area contributed by atoms with Crippen molar-refractivity contribution >= 4 is 0 Å². The Labute approximate surface area is 157 Å². The van der Waals surface area contributed by atoms with E-state index >= 15 is 0 Å². The average molecular weight is 359 g/mol. The van der Waals surface area contributed by atoms with Crippen LogP contribution in [0.1, 0.15) is 75.7 Å². The molecular formula is C24H32F2. The Morgan fingerprint density at radius 2 is 1.27 bits per heavy atom. The summed E-state index contributed by atoms with van der Waals surface area (Å²) in [4.78, 5) is 0. The van der Waals surface area contributed by atoms with Gasteiger partial charge in [-0.15, -0.1) is 6.58 Å². The zero-order valence-electron chi connectivity index (χ0n) is 15.8. The van der Waals surface area contributed by atoms with Crippen molar-refractivity contribution in [3.63, 3.8) is 0 Å². The van der Waals surface area contributed by atoms with Crippen molar-refractivity contribution in [3.05, 3.63) is 48.1 Å². The highest BCUT2D eigenvalue weighted by atomic mass is 19.1. The Morgan fingerprint density at radius 3 is 1.92 bits per heavy atom. The molecule has 0 bridgehead atoms. The first-order valence-electron chi connectivity index (χ1n) is 10.7. The van der Waals surface area contributed by atoms with Gasteiger partial charge < -0.3 is 0 Å². The van der Waals surface area contributed by atoms with Gasteiger partial charge in [-0.25, -0.2) is 8.78 Å². The van der Waals surface area contributed by atoms with Gasteiger partial charge in [0.2, 0.25) is 0 Å². The fourth-order valence-corrected chi connectivity index (χ4v) is 6.37. The van der Waals surface area contributed by atoms with E-state index in [1.807, 2.05) is 0 Å². The number of hydrogen-bond donors (Lipinski definition) is 0. The van der Waals surface area contributed by atoms with Crippen molar-refractivity contribution in [3.8, 4) is 0 Å². The predicted molar refractivity (Wildman–Crippen MR) is 103 cm³/mol. The molecule has 2 heteroatoms. The molecule has 0 aromatic heterocycles. The summed E-state index contributed by atoms with van der Waals surface area (Å²) in [6.07, 6.45) is 14.6. The molecule has 3 aliphatic carbocycles. The topological polar surface area (TPSA) is 0 Å². The smallest absolute Gasteiger partial charge is 0.129 e. The molecule has 0 radical (unpaired) electrons. The second-order valence-corrected chi connectivity index (χ2v) is 9.15. The summed E-state index contributed by atoms with van der Waals surface area (Å²) in [6.45, 7) is 3.97. The minimum atomic E-state index is -0.346. The second kappa shape index (κ2) is 7.82. The van der Waals surface area contributed by atoms with Crippen LogP contribution in [0.2, 0.25) is 0 Å². The van der Waals surface area contributed by atoms with Crippen molar-refractivity contribution < 1.29 is 8.78 Å². The van der Waals surface area contributed by atoms with Gasteiger partial charge in [0.05, 0.1) is 0 Å². The molecule has 0 saturated heterocycles. The van der Waals surface area contributed by atoms with Crippen molar-refractivity contribution in [2.45, 2.75) is 70.1 Å². The number of hydrogen-bond acceptors (Lipinski definition) is 0. The predicted octanol–water partition coefficient (Wildman–Crippen LogP) is 7.26. The summed E-state index contributed by atoms with van der Waals surface area (Å²) in [5, 5.41) is 0. The minimum absolute atomic E-state index is 0.0806. The van der Waals surface area contributed by atoms with Crippen molar-refractivity contribution in [2.24, 2.45) is 29.6 Å². The molecule has 4 unspecified atom stereocenters. The summed E-state index contributed by atoms with van der Waals surface area (Å²) in [6, 6.07) is 4.31. The molecule has 0 heterocycles. The normalized spacial score (nSPS) is 37.8. The summed E-state index contributed by atoms with van der Waals surface area (Å²) in [5.41, 5.74) is 0.357. The number of rotatable bonds is 3. The molecule has 0 aliphatic heterocycles. The van der Waals surface area contributed by atoms with Crippen LogP contribution < -0.4 is 0 Å². The van der Waals surface area contributed by atoms with E-state index in [0.717, 1.165) is 42.9 Å². The van der Waals surface area contributed by atoms with Crippen LogP contribution in [0.5, 0.6) is 0 Å². The van der Waals surface area contributed by atoms with Crippen LogP contribution in [0.3, 0.4) is 0 Å². The minimum Gasteiger partial charge on any atom is -0.207 e. The van der Waals surface area contributed by atoms with E-state index in [0.29, 0.717) is 11.5 Å². The van der Waals surface area contributed by atoms with Crippen LogP contribution in [-0.4, -0.2) is 0 Å². The Bertz CT molecular complexity index is 609. The van der Waals surface area contributed by atoms with Crippen LogP contribution in [0.4, 0.5) is 8.78 Å². The van der Waals surface area contributed by atoms with E-state index in [1.54, 1.807) is 0 Å². The molecular weight excluding hydrogens is 326 g/mol. The maximum atomic E-state index is 14.2. The number of benzene rings is 1. The van der Waals surface area contributed by atoms with Crippen LogP contribution in [-0.2, 0) is 0 Å². The lowest BCUT2D eigenvalue weighted by atomic mass is 9.60. The lowest BCUT2D eigenvalue weighted by Crippen LogP contribution is -2.34. The third-order valence-electron chi connectivity index (χ3n) is 7.88. The number of fused-ring (bicyclic) bond motifs is 1. The maximum Gasteiger partial charge on any atom is 0.129 e. The van der Waals surface area contributed by atoms with Crippen molar-refractivity contribution in [1.29, 1.82) is 0 Å². The SMILES string of the molecule is C=CC1CCC(C2CCC3CC(c4c(F)cccc4F)CCC3C2)CC1. The monoisotopic (exact) mass is 358 g/mol. The quantitative estimate of drug-likeness (QED) is 0.499. The molecule has 0 amide bonds. The van der Waals surface area contributed by atoms with Gasteiger partial charge in [0.25, 0.3) is 0 Å². The maximum absolute atomic E-state index is 14.2. The van der Waals surface area contributed by atoms with Crippen LogP contribution in [0, 0.1) is 41.2 Å². The van der Waals surface area contributed by atoms with Gasteiger partial charge in [-0.2, -0.15) is 0 Å². The first kappa shape index (κ1) is 18.2. The molecule has 4 rings (SSSR count). The molecule has 3 saturated carbocycles. The fraction of sp³-hybridized carbons (Fsp3) is 0.667. The Kier molecular flexibility index (Phi) is 5.47. The van der Waals surface area contributed by atoms with Gasteiger partial charge in [0, 0.05) is 5.56 Å². The molecule has 3 aliphatic rings. The van der Waals surface area contributed by atoms with Gasteiger partial charge in [0.1, 0.15) is 11.6 Å². The van der Waals surface area contributed by atoms with Crippen LogP contribution in [0.15, 0.2) is 30.9 Å². The van der Waals surface area contributed by atoms with Crippen LogP contribution in [0.25, 0.3) is 0 Å². The van der Waals surface area contributed by atoms with Gasteiger partial charge in [-0.1, -0.05) is 12.1 Å². The second-order valence-electron chi connectivity index (χ2n) is 9.15. The third-order valence-corrected chi connectivity index (χ3v) is 7.88. The van der Waals surface area contributed by atoms with Crippen molar-refractivity contribution in [2.75, 3.05) is 0 Å². The van der Waals surface area contributed by atoms with E-state index in [-0.39, 0.29) is 17.6 Å². The highest BCUT2D eigenvalue weighted by molar-refractivity contribution is 5.24. The number of allylic oxidation sites excluding steroid dienone is 1. The molecule has 1 aromatic rings. The molecule has 4 atom stereocenters. The lowest BCUT2D eigenvalue weighted by Gasteiger charge is -2.45. The van der Waals surface area contributed by atoms with Gasteiger partial charge in [0.15, 0.2) is 0 Å². The van der Waals surface area contributed by atoms with E-state index in [1.165, 1.54) is 63.1 Å². The highest BCUT2D eigenvalue weighted by Crippen LogP contribution is 2.51. The standard InChI is InChI=1S/C24H32F2/c1-2-16-6-8-17(9-7-16)18-10-11-20-15-21(13-12-19(20)14-18)24-22(25)4-3-5-23(24)26/h2-5,16-21H,1,6-15H2. The molecule has 142 valence electrons. The zero-order valence-corrected chi connectivity index (χ0v) is 15.8. The zero-order chi connectivity index (χ0) is 18.1. The van der Waals surface area contributed by atoms with E-state index in [2.05, 4.69) is 12.7 Å².